The summed E-state index contributed by atoms with van der Waals surface area (Å²) in [6.07, 6.45) is 87.0. The molecule has 0 bridgehead atoms. The van der Waals surface area contributed by atoms with Crippen LogP contribution in [-0.2, 0) is 32.7 Å². The van der Waals surface area contributed by atoms with Gasteiger partial charge in [0, 0.05) is 12.8 Å². The number of phosphoric ester groups is 1. The maximum Gasteiger partial charge on any atom is 0.306 e. The van der Waals surface area contributed by atoms with E-state index in [1.165, 1.54) is 225 Å². The molecule has 0 fully saturated rings. The molecule has 0 heterocycles. The molecule has 2 atom stereocenters. The van der Waals surface area contributed by atoms with E-state index in [0.717, 1.165) is 77.0 Å². The normalized spacial score (nSPS) is 13.5. The number of carbonyl (C=O) groups is 2. The number of hydrogen-bond acceptors (Lipinski definition) is 8. The van der Waals surface area contributed by atoms with Crippen molar-refractivity contribution >= 4 is 19.8 Å². The molecule has 0 aromatic carbocycles. The molecule has 9 nitrogen and oxygen atoms in total. The van der Waals surface area contributed by atoms with Crippen LogP contribution < -0.4 is 4.89 Å². The maximum absolute atomic E-state index is 12.9. The molecule has 2 unspecified atom stereocenters. The van der Waals surface area contributed by atoms with Crippen LogP contribution in [0.4, 0.5) is 0 Å². The molecule has 0 radical (unpaired) electrons. The predicted molar refractivity (Wildman–Crippen MR) is 360 cm³/mol. The lowest BCUT2D eigenvalue weighted by atomic mass is 10.0. The van der Waals surface area contributed by atoms with Gasteiger partial charge < -0.3 is 27.9 Å². The van der Waals surface area contributed by atoms with E-state index >= 15 is 0 Å². The molecule has 0 aliphatic rings. The lowest BCUT2D eigenvalue weighted by molar-refractivity contribution is -0.870. The number of unbranched alkanes of at least 4 members (excludes halogenated alkanes) is 40. The zero-order chi connectivity index (χ0) is 61.2. The highest BCUT2D eigenvalue weighted by atomic mass is 31.2. The van der Waals surface area contributed by atoms with Crippen LogP contribution in [0.5, 0.6) is 0 Å². The Labute approximate surface area is 520 Å². The number of quaternary nitrogens is 1. The zero-order valence-electron chi connectivity index (χ0n) is 55.8. The van der Waals surface area contributed by atoms with E-state index in [0.29, 0.717) is 17.4 Å². The monoisotopic (exact) mass is 1200 g/mol. The number of carbonyl (C=O) groups excluding carboxylic acids is 2. The van der Waals surface area contributed by atoms with Crippen molar-refractivity contribution in [1.29, 1.82) is 0 Å². The topological polar surface area (TPSA) is 111 Å². The summed E-state index contributed by atoms with van der Waals surface area (Å²) in [5.74, 6) is -0.821. The standard InChI is InChI=1S/C74H136NO8P/c1-6-8-10-12-14-16-18-20-22-24-26-28-30-32-34-36-37-39-41-43-45-47-49-51-53-55-57-59-61-63-65-67-74(77)83-72(71-82-84(78,79)81-69-68-75(3,4)5)70-80-73(76)66-64-62-60-58-56-54-52-50-48-46-44-42-40-38-35-33-31-29-27-25-23-21-19-17-15-13-11-9-7-2/h8,10,14,16,20,22,26,28,32,34,37,39,72H,6-7,9,11-13,15,17-19,21,23-25,27,29-31,33,35-36,38,40-71H2,1-5H3/b10-8-,16-14-,22-20-,28-26-,34-32-,39-37-. The third-order valence-corrected chi connectivity index (χ3v) is 16.7. The van der Waals surface area contributed by atoms with E-state index in [2.05, 4.69) is 86.8 Å². The number of ether oxygens (including phenoxy) is 2. The first-order valence-corrected chi connectivity index (χ1v) is 37.1. The van der Waals surface area contributed by atoms with Crippen LogP contribution in [0, 0.1) is 0 Å². The third-order valence-electron chi connectivity index (χ3n) is 15.7. The lowest BCUT2D eigenvalue weighted by Gasteiger charge is -2.28. The number of phosphoric acid groups is 1. The highest BCUT2D eigenvalue weighted by Gasteiger charge is 2.22. The van der Waals surface area contributed by atoms with Crippen molar-refractivity contribution in [1.82, 2.24) is 0 Å². The molecule has 0 saturated heterocycles. The van der Waals surface area contributed by atoms with Crippen LogP contribution in [0.15, 0.2) is 72.9 Å². The minimum absolute atomic E-state index is 0.0315. The number of esters is 2. The highest BCUT2D eigenvalue weighted by Crippen LogP contribution is 2.38. The maximum atomic E-state index is 12.9. The van der Waals surface area contributed by atoms with Gasteiger partial charge in [-0.2, -0.15) is 0 Å². The van der Waals surface area contributed by atoms with E-state index in [-0.39, 0.29) is 32.0 Å². The number of allylic oxidation sites excluding steroid dienone is 12. The Kier molecular flexibility index (Phi) is 62.9. The molecule has 0 spiro atoms. The van der Waals surface area contributed by atoms with Crippen molar-refractivity contribution in [2.45, 2.75) is 341 Å². The Bertz CT molecular complexity index is 1650. The largest absolute Gasteiger partial charge is 0.756 e. The Balaban J connectivity index is 4.03. The van der Waals surface area contributed by atoms with Gasteiger partial charge in [0.15, 0.2) is 6.10 Å². The van der Waals surface area contributed by atoms with E-state index in [9.17, 15) is 19.0 Å². The smallest absolute Gasteiger partial charge is 0.306 e. The van der Waals surface area contributed by atoms with Gasteiger partial charge in [0.1, 0.15) is 19.8 Å². The second kappa shape index (κ2) is 64.9. The van der Waals surface area contributed by atoms with Crippen molar-refractivity contribution in [3.63, 3.8) is 0 Å². The van der Waals surface area contributed by atoms with Crippen LogP contribution in [0.2, 0.25) is 0 Å². The molecular weight excluding hydrogens is 1060 g/mol. The first kappa shape index (κ1) is 81.5. The summed E-state index contributed by atoms with van der Waals surface area (Å²) in [6, 6.07) is 0. The van der Waals surface area contributed by atoms with E-state index in [4.69, 9.17) is 18.5 Å². The average Bonchev–Trinajstić information content (AvgIpc) is 3.61. The predicted octanol–water partition coefficient (Wildman–Crippen LogP) is 22.5. The molecule has 0 amide bonds. The Morgan fingerprint density at radius 2 is 0.679 bits per heavy atom. The fourth-order valence-electron chi connectivity index (χ4n) is 10.3. The summed E-state index contributed by atoms with van der Waals surface area (Å²) < 4.78 is 34.3. The van der Waals surface area contributed by atoms with Crippen molar-refractivity contribution < 1.29 is 42.1 Å². The molecule has 0 rings (SSSR count). The van der Waals surface area contributed by atoms with Gasteiger partial charge in [-0.3, -0.25) is 14.2 Å². The van der Waals surface area contributed by atoms with E-state index < -0.39 is 26.5 Å². The van der Waals surface area contributed by atoms with Gasteiger partial charge in [-0.15, -0.1) is 0 Å². The van der Waals surface area contributed by atoms with Crippen LogP contribution in [-0.4, -0.2) is 70.0 Å². The number of nitrogens with zero attached hydrogens (tertiary/aromatic N) is 1. The van der Waals surface area contributed by atoms with E-state index in [1.54, 1.807) is 0 Å². The molecule has 0 aliphatic heterocycles. The molecular formula is C74H136NO8P. The summed E-state index contributed by atoms with van der Waals surface area (Å²) >= 11 is 0. The first-order valence-electron chi connectivity index (χ1n) is 35.6. The van der Waals surface area contributed by atoms with Gasteiger partial charge in [-0.1, -0.05) is 331 Å². The Morgan fingerprint density at radius 1 is 0.381 bits per heavy atom. The molecule has 0 aromatic rings. The number of likely N-dealkylation sites (N-methyl/N-ethyl adjacent to an activating group) is 1. The van der Waals surface area contributed by atoms with E-state index in [1.807, 2.05) is 21.1 Å². The number of hydrogen-bond donors (Lipinski definition) is 0. The van der Waals surface area contributed by atoms with Crippen molar-refractivity contribution in [3.05, 3.63) is 72.9 Å². The molecule has 0 saturated carbocycles. The van der Waals surface area contributed by atoms with Crippen molar-refractivity contribution in [2.24, 2.45) is 0 Å². The molecule has 84 heavy (non-hydrogen) atoms. The van der Waals surface area contributed by atoms with Gasteiger partial charge >= 0.3 is 11.9 Å². The van der Waals surface area contributed by atoms with Gasteiger partial charge in [0.25, 0.3) is 7.82 Å². The van der Waals surface area contributed by atoms with Crippen LogP contribution in [0.25, 0.3) is 0 Å². The zero-order valence-corrected chi connectivity index (χ0v) is 56.7. The summed E-state index contributed by atoms with van der Waals surface area (Å²) in [6.45, 7) is 4.18. The van der Waals surface area contributed by atoms with Gasteiger partial charge in [-0.25, -0.2) is 0 Å². The van der Waals surface area contributed by atoms with Gasteiger partial charge in [0.05, 0.1) is 27.7 Å². The van der Waals surface area contributed by atoms with Crippen LogP contribution >= 0.6 is 7.82 Å². The SMILES string of the molecule is CC/C=C\C/C=C\C/C=C\C/C=C\C/C=C\C/C=C\CCCCCCCCCCCCCCC(=O)OC(COC(=O)CCCCCCCCCCCCCCCCCCCCCCCCCCCCCCC)COP(=O)([O-])OCC[N+](C)(C)C. The Morgan fingerprint density at radius 3 is 1.01 bits per heavy atom. The summed E-state index contributed by atoms with van der Waals surface area (Å²) in [5, 5.41) is 0. The third kappa shape index (κ3) is 68.6. The molecule has 10 heteroatoms. The van der Waals surface area contributed by atoms with Gasteiger partial charge in [0.2, 0.25) is 0 Å². The number of rotatable bonds is 66. The molecule has 0 aliphatic carbocycles. The van der Waals surface area contributed by atoms with Crippen LogP contribution in [0.1, 0.15) is 335 Å². The Hall–Kier alpha value is -2.55. The van der Waals surface area contributed by atoms with Crippen LogP contribution in [0.3, 0.4) is 0 Å². The molecule has 0 aromatic heterocycles. The summed E-state index contributed by atoms with van der Waals surface area (Å²) in [4.78, 5) is 38.1. The summed E-state index contributed by atoms with van der Waals surface area (Å²) in [5.41, 5.74) is 0. The molecule has 0 N–H and O–H groups in total. The summed E-state index contributed by atoms with van der Waals surface area (Å²) in [7, 11) is 1.17. The van der Waals surface area contributed by atoms with Gasteiger partial charge in [-0.05, 0) is 64.2 Å². The first-order chi connectivity index (χ1) is 41.0. The fraction of sp³-hybridized carbons (Fsp3) is 0.811. The second-order valence-electron chi connectivity index (χ2n) is 25.2. The lowest BCUT2D eigenvalue weighted by Crippen LogP contribution is -2.37. The fourth-order valence-corrected chi connectivity index (χ4v) is 11.0. The molecule has 490 valence electrons. The highest BCUT2D eigenvalue weighted by molar-refractivity contribution is 7.45. The van der Waals surface area contributed by atoms with Crippen molar-refractivity contribution in [2.75, 3.05) is 47.5 Å². The van der Waals surface area contributed by atoms with Crippen molar-refractivity contribution in [3.8, 4) is 0 Å². The average molecular weight is 1200 g/mol. The minimum Gasteiger partial charge on any atom is -0.756 e. The minimum atomic E-state index is -4.64. The quantitative estimate of drug-likeness (QED) is 0.0195. The second-order valence-corrected chi connectivity index (χ2v) is 26.6.